The van der Waals surface area contributed by atoms with Crippen molar-refractivity contribution in [3.8, 4) is 16.9 Å². The Balaban J connectivity index is 2.05. The standard InChI is InChI=1S/C20H18ClNO5/c1-22-20(24)18(11-25-2)26-12-7-8-14-15(10-19(23)27-17(14)9-12)13-5-3-4-6-16(13)21/h3-10,18H,11H2,1-2H3,(H,22,24). The smallest absolute Gasteiger partial charge is 0.336 e. The average molecular weight is 388 g/mol. The zero-order valence-electron chi connectivity index (χ0n) is 14.8. The predicted molar refractivity (Wildman–Crippen MR) is 103 cm³/mol. The van der Waals surface area contributed by atoms with Gasteiger partial charge in [-0.15, -0.1) is 0 Å². The van der Waals surface area contributed by atoms with Crippen molar-refractivity contribution in [1.82, 2.24) is 5.32 Å². The van der Waals surface area contributed by atoms with Gasteiger partial charge in [-0.3, -0.25) is 4.79 Å². The maximum atomic E-state index is 12.0. The summed E-state index contributed by atoms with van der Waals surface area (Å²) in [6, 6.07) is 13.7. The van der Waals surface area contributed by atoms with E-state index < -0.39 is 11.7 Å². The molecule has 1 amide bonds. The van der Waals surface area contributed by atoms with Crippen molar-refractivity contribution in [3.05, 3.63) is 64.0 Å². The minimum atomic E-state index is -0.823. The summed E-state index contributed by atoms with van der Waals surface area (Å²) >= 11 is 6.28. The van der Waals surface area contributed by atoms with Gasteiger partial charge in [0.15, 0.2) is 6.10 Å². The number of nitrogens with one attached hydrogen (secondary N) is 1. The molecule has 0 fully saturated rings. The normalized spacial score (nSPS) is 12.0. The molecule has 140 valence electrons. The third kappa shape index (κ3) is 4.13. The summed E-state index contributed by atoms with van der Waals surface area (Å²) in [5.41, 5.74) is 1.23. The Labute approximate surface area is 160 Å². The van der Waals surface area contributed by atoms with Gasteiger partial charge < -0.3 is 19.2 Å². The topological polar surface area (TPSA) is 77.8 Å². The first-order chi connectivity index (χ1) is 13.0. The third-order valence-corrected chi connectivity index (χ3v) is 4.34. The summed E-state index contributed by atoms with van der Waals surface area (Å²) in [6.45, 7) is 0.0846. The second-order valence-electron chi connectivity index (χ2n) is 5.79. The highest BCUT2D eigenvalue weighted by atomic mass is 35.5. The lowest BCUT2D eigenvalue weighted by Gasteiger charge is -2.17. The Morgan fingerprint density at radius 3 is 2.67 bits per heavy atom. The van der Waals surface area contributed by atoms with E-state index in [1.54, 1.807) is 24.3 Å². The number of amides is 1. The van der Waals surface area contributed by atoms with E-state index in [1.165, 1.54) is 20.2 Å². The minimum Gasteiger partial charge on any atom is -0.478 e. The molecule has 1 heterocycles. The molecule has 0 bridgehead atoms. The molecule has 0 radical (unpaired) electrons. The van der Waals surface area contributed by atoms with Gasteiger partial charge in [0, 0.05) is 47.8 Å². The molecule has 0 aliphatic carbocycles. The third-order valence-electron chi connectivity index (χ3n) is 4.02. The number of likely N-dealkylation sites (N-methyl/N-ethyl adjacent to an activating group) is 1. The highest BCUT2D eigenvalue weighted by molar-refractivity contribution is 6.33. The predicted octanol–water partition coefficient (Wildman–Crippen LogP) is 3.25. The molecule has 2 aromatic carbocycles. The van der Waals surface area contributed by atoms with Crippen LogP contribution in [0.1, 0.15) is 0 Å². The van der Waals surface area contributed by atoms with Crippen LogP contribution in [0, 0.1) is 0 Å². The lowest BCUT2D eigenvalue weighted by Crippen LogP contribution is -2.39. The van der Waals surface area contributed by atoms with Gasteiger partial charge in [-0.2, -0.15) is 0 Å². The number of carbonyl (C=O) groups is 1. The van der Waals surface area contributed by atoms with E-state index in [2.05, 4.69) is 5.32 Å². The van der Waals surface area contributed by atoms with Crippen molar-refractivity contribution < 1.29 is 18.7 Å². The van der Waals surface area contributed by atoms with Crippen molar-refractivity contribution in [2.45, 2.75) is 6.10 Å². The van der Waals surface area contributed by atoms with E-state index in [-0.39, 0.29) is 12.5 Å². The summed E-state index contributed by atoms with van der Waals surface area (Å²) in [5, 5.41) is 3.76. The van der Waals surface area contributed by atoms with Crippen molar-refractivity contribution in [2.75, 3.05) is 20.8 Å². The lowest BCUT2D eigenvalue weighted by atomic mass is 10.0. The fourth-order valence-corrected chi connectivity index (χ4v) is 3.00. The van der Waals surface area contributed by atoms with Crippen LogP contribution in [-0.4, -0.2) is 32.8 Å². The van der Waals surface area contributed by atoms with Crippen LogP contribution < -0.4 is 15.7 Å². The molecule has 0 aliphatic heterocycles. The van der Waals surface area contributed by atoms with Gasteiger partial charge in [-0.1, -0.05) is 29.8 Å². The van der Waals surface area contributed by atoms with Gasteiger partial charge >= 0.3 is 5.63 Å². The Bertz CT molecular complexity index is 1030. The maximum absolute atomic E-state index is 12.0. The summed E-state index contributed by atoms with van der Waals surface area (Å²) in [5.74, 6) is 0.0656. The molecule has 1 N–H and O–H groups in total. The van der Waals surface area contributed by atoms with Crippen LogP contribution in [0.25, 0.3) is 22.1 Å². The Hall–Kier alpha value is -2.83. The van der Waals surface area contributed by atoms with E-state index in [4.69, 9.17) is 25.5 Å². The van der Waals surface area contributed by atoms with Gasteiger partial charge in [-0.25, -0.2) is 4.79 Å². The molecule has 27 heavy (non-hydrogen) atoms. The number of rotatable bonds is 6. The first-order valence-corrected chi connectivity index (χ1v) is 8.61. The van der Waals surface area contributed by atoms with Gasteiger partial charge in [0.2, 0.25) is 0 Å². The van der Waals surface area contributed by atoms with Crippen molar-refractivity contribution in [1.29, 1.82) is 0 Å². The first kappa shape index (κ1) is 18.9. The van der Waals surface area contributed by atoms with E-state index in [0.29, 0.717) is 27.3 Å². The molecule has 1 unspecified atom stereocenters. The fraction of sp³-hybridized carbons (Fsp3) is 0.200. The van der Waals surface area contributed by atoms with E-state index in [1.807, 2.05) is 18.2 Å². The van der Waals surface area contributed by atoms with Crippen LogP contribution in [0.15, 0.2) is 57.7 Å². The maximum Gasteiger partial charge on any atom is 0.336 e. The van der Waals surface area contributed by atoms with E-state index >= 15 is 0 Å². The van der Waals surface area contributed by atoms with Crippen LogP contribution in [0.4, 0.5) is 0 Å². The van der Waals surface area contributed by atoms with Crippen molar-refractivity contribution in [3.63, 3.8) is 0 Å². The quantitative estimate of drug-likeness (QED) is 0.657. The molecule has 0 spiro atoms. The van der Waals surface area contributed by atoms with Crippen LogP contribution in [0.3, 0.4) is 0 Å². The highest BCUT2D eigenvalue weighted by Gasteiger charge is 2.20. The molecule has 1 aromatic heterocycles. The first-order valence-electron chi connectivity index (χ1n) is 8.23. The summed E-state index contributed by atoms with van der Waals surface area (Å²) in [4.78, 5) is 23.9. The Morgan fingerprint density at radius 1 is 1.19 bits per heavy atom. The van der Waals surface area contributed by atoms with Crippen LogP contribution >= 0.6 is 11.6 Å². The second-order valence-corrected chi connectivity index (χ2v) is 6.20. The van der Waals surface area contributed by atoms with E-state index in [9.17, 15) is 9.59 Å². The molecule has 7 heteroatoms. The van der Waals surface area contributed by atoms with E-state index in [0.717, 1.165) is 5.56 Å². The van der Waals surface area contributed by atoms with Crippen molar-refractivity contribution in [2.24, 2.45) is 0 Å². The fourth-order valence-electron chi connectivity index (χ4n) is 2.76. The Morgan fingerprint density at radius 2 is 1.96 bits per heavy atom. The molecule has 1 atom stereocenters. The number of benzene rings is 2. The zero-order chi connectivity index (χ0) is 19.4. The Kier molecular flexibility index (Phi) is 5.78. The number of hydrogen-bond donors (Lipinski definition) is 1. The van der Waals surface area contributed by atoms with Crippen LogP contribution in [-0.2, 0) is 9.53 Å². The molecular formula is C20H18ClNO5. The monoisotopic (exact) mass is 387 g/mol. The average Bonchev–Trinajstić information content (AvgIpc) is 2.66. The van der Waals surface area contributed by atoms with Gasteiger partial charge in [-0.05, 0) is 18.2 Å². The number of halogens is 1. The highest BCUT2D eigenvalue weighted by Crippen LogP contribution is 2.33. The number of fused-ring (bicyclic) bond motifs is 1. The van der Waals surface area contributed by atoms with Gasteiger partial charge in [0.1, 0.15) is 11.3 Å². The number of ether oxygens (including phenoxy) is 2. The summed E-state index contributed by atoms with van der Waals surface area (Å²) in [6.07, 6.45) is -0.823. The van der Waals surface area contributed by atoms with Crippen molar-refractivity contribution >= 4 is 28.5 Å². The van der Waals surface area contributed by atoms with Gasteiger partial charge in [0.25, 0.3) is 5.91 Å². The molecule has 3 aromatic rings. The molecule has 0 aliphatic rings. The SMILES string of the molecule is CNC(=O)C(COC)Oc1ccc2c(-c3ccccc3Cl)cc(=O)oc2c1. The number of methoxy groups -OCH3 is 1. The largest absolute Gasteiger partial charge is 0.478 e. The zero-order valence-corrected chi connectivity index (χ0v) is 15.6. The minimum absolute atomic E-state index is 0.0846. The summed E-state index contributed by atoms with van der Waals surface area (Å²) in [7, 11) is 3.00. The number of carbonyl (C=O) groups excluding carboxylic acids is 1. The molecule has 0 saturated carbocycles. The molecule has 3 rings (SSSR count). The molecule has 0 saturated heterocycles. The van der Waals surface area contributed by atoms with Crippen LogP contribution in [0.5, 0.6) is 5.75 Å². The molecule has 6 nitrogen and oxygen atoms in total. The lowest BCUT2D eigenvalue weighted by molar-refractivity contribution is -0.129. The second kappa shape index (κ2) is 8.24. The molecular weight excluding hydrogens is 370 g/mol. The number of hydrogen-bond acceptors (Lipinski definition) is 5. The van der Waals surface area contributed by atoms with Gasteiger partial charge in [0.05, 0.1) is 6.61 Å². The summed E-state index contributed by atoms with van der Waals surface area (Å²) < 4.78 is 16.0. The van der Waals surface area contributed by atoms with Crippen LogP contribution in [0.2, 0.25) is 5.02 Å².